The van der Waals surface area contributed by atoms with E-state index in [0.717, 1.165) is 19.6 Å². The number of halogens is 2. The molecule has 2 saturated heterocycles. The van der Waals surface area contributed by atoms with Crippen molar-refractivity contribution in [2.75, 3.05) is 26.2 Å². The molecule has 0 spiro atoms. The number of hydrogen-bond donors (Lipinski definition) is 2. The SMILES string of the molecule is CC1CN(C(=O)[C@H]2NCCO[C@@H]2C)CC(C)N1.Cl.Cl. The summed E-state index contributed by atoms with van der Waals surface area (Å²) in [5, 5.41) is 6.69. The second kappa shape index (κ2) is 8.27. The van der Waals surface area contributed by atoms with E-state index in [9.17, 15) is 4.79 Å². The summed E-state index contributed by atoms with van der Waals surface area (Å²) in [4.78, 5) is 14.4. The summed E-state index contributed by atoms with van der Waals surface area (Å²) in [7, 11) is 0. The van der Waals surface area contributed by atoms with Gasteiger partial charge < -0.3 is 20.3 Å². The fourth-order valence-electron chi connectivity index (χ4n) is 2.71. The summed E-state index contributed by atoms with van der Waals surface area (Å²) >= 11 is 0. The zero-order chi connectivity index (χ0) is 12.4. The molecule has 0 aromatic carbocycles. The van der Waals surface area contributed by atoms with Crippen LogP contribution in [0.5, 0.6) is 0 Å². The number of hydrogen-bond acceptors (Lipinski definition) is 4. The van der Waals surface area contributed by atoms with E-state index < -0.39 is 0 Å². The maximum absolute atomic E-state index is 12.4. The van der Waals surface area contributed by atoms with Crippen molar-refractivity contribution in [3.05, 3.63) is 0 Å². The number of ether oxygens (including phenoxy) is 1. The third kappa shape index (κ3) is 4.76. The number of carbonyl (C=O) groups is 1. The largest absolute Gasteiger partial charge is 0.375 e. The van der Waals surface area contributed by atoms with Gasteiger partial charge >= 0.3 is 0 Å². The first-order valence-corrected chi connectivity index (χ1v) is 6.47. The molecule has 2 fully saturated rings. The van der Waals surface area contributed by atoms with Crippen molar-refractivity contribution in [1.29, 1.82) is 0 Å². The molecule has 0 bridgehead atoms. The Bertz CT molecular complexity index is 284. The van der Waals surface area contributed by atoms with E-state index in [4.69, 9.17) is 4.74 Å². The Labute approximate surface area is 127 Å². The lowest BCUT2D eigenvalue weighted by Crippen LogP contribution is -2.62. The van der Waals surface area contributed by atoms with Gasteiger partial charge in [0.25, 0.3) is 0 Å². The Hall–Kier alpha value is -0.0700. The van der Waals surface area contributed by atoms with Gasteiger partial charge in [-0.3, -0.25) is 4.79 Å². The molecule has 0 radical (unpaired) electrons. The van der Waals surface area contributed by atoms with Crippen LogP contribution in [0.4, 0.5) is 0 Å². The number of piperazine rings is 1. The van der Waals surface area contributed by atoms with Crippen LogP contribution >= 0.6 is 24.8 Å². The molecule has 0 aliphatic carbocycles. The highest BCUT2D eigenvalue weighted by Crippen LogP contribution is 2.11. The van der Waals surface area contributed by atoms with Crippen LogP contribution in [0.2, 0.25) is 0 Å². The Kier molecular flexibility index (Phi) is 8.24. The Morgan fingerprint density at radius 3 is 2.26 bits per heavy atom. The molecule has 2 rings (SSSR count). The van der Waals surface area contributed by atoms with Crippen molar-refractivity contribution in [3.63, 3.8) is 0 Å². The molecule has 2 unspecified atom stereocenters. The van der Waals surface area contributed by atoms with Gasteiger partial charge in [0, 0.05) is 31.7 Å². The predicted octanol–water partition coefficient (Wildman–Crippen LogP) is 0.416. The van der Waals surface area contributed by atoms with Gasteiger partial charge in [0.2, 0.25) is 5.91 Å². The van der Waals surface area contributed by atoms with E-state index in [1.807, 2.05) is 11.8 Å². The minimum atomic E-state index is -0.179. The molecule has 2 aliphatic rings. The Morgan fingerprint density at radius 2 is 1.74 bits per heavy atom. The van der Waals surface area contributed by atoms with Gasteiger partial charge in [0.05, 0.1) is 12.7 Å². The normalized spacial score (nSPS) is 35.0. The summed E-state index contributed by atoms with van der Waals surface area (Å²) in [6.07, 6.45) is -0.0308. The summed E-state index contributed by atoms with van der Waals surface area (Å²) in [5.74, 6) is 0.178. The molecule has 2 N–H and O–H groups in total. The lowest BCUT2D eigenvalue weighted by Gasteiger charge is -2.40. The van der Waals surface area contributed by atoms with Crippen LogP contribution in [0.15, 0.2) is 0 Å². The van der Waals surface area contributed by atoms with Gasteiger partial charge in [-0.15, -0.1) is 24.8 Å². The molecule has 114 valence electrons. The van der Waals surface area contributed by atoms with E-state index in [2.05, 4.69) is 24.5 Å². The maximum Gasteiger partial charge on any atom is 0.242 e. The first-order valence-electron chi connectivity index (χ1n) is 6.47. The number of nitrogens with one attached hydrogen (secondary N) is 2. The topological polar surface area (TPSA) is 53.6 Å². The molecule has 4 atom stereocenters. The zero-order valence-electron chi connectivity index (χ0n) is 11.7. The quantitative estimate of drug-likeness (QED) is 0.736. The average Bonchev–Trinajstić information content (AvgIpc) is 2.27. The molecule has 19 heavy (non-hydrogen) atoms. The maximum atomic E-state index is 12.4. The Balaban J connectivity index is 0.00000162. The number of carbonyl (C=O) groups excluding carboxylic acids is 1. The number of nitrogens with zero attached hydrogens (tertiary/aromatic N) is 1. The third-order valence-electron chi connectivity index (χ3n) is 3.45. The zero-order valence-corrected chi connectivity index (χ0v) is 13.4. The summed E-state index contributed by atoms with van der Waals surface area (Å²) in [5.41, 5.74) is 0. The van der Waals surface area contributed by atoms with E-state index in [1.165, 1.54) is 0 Å². The van der Waals surface area contributed by atoms with Gasteiger partial charge in [-0.05, 0) is 20.8 Å². The van der Waals surface area contributed by atoms with Gasteiger partial charge in [-0.25, -0.2) is 0 Å². The highest BCUT2D eigenvalue weighted by Gasteiger charge is 2.34. The highest BCUT2D eigenvalue weighted by molar-refractivity contribution is 5.85. The van der Waals surface area contributed by atoms with Crippen LogP contribution in [0.25, 0.3) is 0 Å². The van der Waals surface area contributed by atoms with Crippen molar-refractivity contribution in [1.82, 2.24) is 15.5 Å². The highest BCUT2D eigenvalue weighted by atomic mass is 35.5. The molecule has 0 aromatic heterocycles. The van der Waals surface area contributed by atoms with Crippen LogP contribution in [0.1, 0.15) is 20.8 Å². The van der Waals surface area contributed by atoms with E-state index in [1.54, 1.807) is 0 Å². The number of rotatable bonds is 1. The van der Waals surface area contributed by atoms with Crippen molar-refractivity contribution in [3.8, 4) is 0 Å². The molecule has 0 aromatic rings. The monoisotopic (exact) mass is 313 g/mol. The van der Waals surface area contributed by atoms with E-state index >= 15 is 0 Å². The predicted molar refractivity (Wildman–Crippen MR) is 80.3 cm³/mol. The van der Waals surface area contributed by atoms with Crippen molar-refractivity contribution in [2.24, 2.45) is 0 Å². The lowest BCUT2D eigenvalue weighted by molar-refractivity contribution is -0.141. The van der Waals surface area contributed by atoms with Gasteiger partial charge in [0.1, 0.15) is 6.04 Å². The van der Waals surface area contributed by atoms with Crippen LogP contribution in [-0.2, 0) is 9.53 Å². The molecular weight excluding hydrogens is 289 g/mol. The molecule has 1 amide bonds. The average molecular weight is 314 g/mol. The van der Waals surface area contributed by atoms with Crippen LogP contribution in [0.3, 0.4) is 0 Å². The van der Waals surface area contributed by atoms with Crippen LogP contribution in [-0.4, -0.2) is 61.3 Å². The minimum absolute atomic E-state index is 0. The summed E-state index contributed by atoms with van der Waals surface area (Å²) in [6, 6.07) is 0.547. The second-order valence-electron chi connectivity index (χ2n) is 5.22. The molecule has 0 saturated carbocycles. The molecule has 2 heterocycles. The van der Waals surface area contributed by atoms with Crippen LogP contribution < -0.4 is 10.6 Å². The van der Waals surface area contributed by atoms with Crippen molar-refractivity contribution in [2.45, 2.75) is 45.0 Å². The van der Waals surface area contributed by atoms with Crippen molar-refractivity contribution >= 4 is 30.7 Å². The molecular formula is C12H25Cl2N3O2. The van der Waals surface area contributed by atoms with Gasteiger partial charge in [-0.2, -0.15) is 0 Å². The molecule has 5 nitrogen and oxygen atoms in total. The lowest BCUT2D eigenvalue weighted by atomic mass is 10.1. The summed E-state index contributed by atoms with van der Waals surface area (Å²) in [6.45, 7) is 9.22. The molecule has 7 heteroatoms. The number of morpholine rings is 1. The second-order valence-corrected chi connectivity index (χ2v) is 5.22. The van der Waals surface area contributed by atoms with E-state index in [0.29, 0.717) is 18.7 Å². The Morgan fingerprint density at radius 1 is 1.16 bits per heavy atom. The third-order valence-corrected chi connectivity index (χ3v) is 3.45. The summed E-state index contributed by atoms with van der Waals surface area (Å²) < 4.78 is 5.53. The van der Waals surface area contributed by atoms with Gasteiger partial charge in [0.15, 0.2) is 0 Å². The fraction of sp³-hybridized carbons (Fsp3) is 0.917. The van der Waals surface area contributed by atoms with E-state index in [-0.39, 0.29) is 42.9 Å². The number of amides is 1. The first kappa shape index (κ1) is 18.9. The fourth-order valence-corrected chi connectivity index (χ4v) is 2.71. The minimum Gasteiger partial charge on any atom is -0.375 e. The van der Waals surface area contributed by atoms with Crippen molar-refractivity contribution < 1.29 is 9.53 Å². The first-order chi connectivity index (χ1) is 8.08. The molecule has 2 aliphatic heterocycles. The smallest absolute Gasteiger partial charge is 0.242 e. The van der Waals surface area contributed by atoms with Gasteiger partial charge in [-0.1, -0.05) is 0 Å². The van der Waals surface area contributed by atoms with Crippen LogP contribution in [0, 0.1) is 0 Å². The standard InChI is InChI=1S/C12H23N3O2.2ClH/c1-8-6-15(7-9(2)14-8)12(16)11-10(3)17-5-4-13-11;;/h8-11,13-14H,4-7H2,1-3H3;2*1H/t8?,9?,10-,11+;;/m1../s1.